The van der Waals surface area contributed by atoms with Crippen LogP contribution in [0.5, 0.6) is 11.5 Å². The van der Waals surface area contributed by atoms with Crippen molar-refractivity contribution in [3.8, 4) is 11.5 Å². The summed E-state index contributed by atoms with van der Waals surface area (Å²) in [6, 6.07) is 13.5. The highest BCUT2D eigenvalue weighted by Crippen LogP contribution is 2.29. The maximum atomic E-state index is 5.32. The Morgan fingerprint density at radius 1 is 1.00 bits per heavy atom. The molecule has 21 heavy (non-hydrogen) atoms. The molecule has 0 aliphatic carbocycles. The highest BCUT2D eigenvalue weighted by atomic mass is 127. The van der Waals surface area contributed by atoms with Gasteiger partial charge >= 0.3 is 0 Å². The van der Waals surface area contributed by atoms with Gasteiger partial charge in [0.2, 0.25) is 0 Å². The smallest absolute Gasteiger partial charge is 0.175 e. The predicted molar refractivity (Wildman–Crippen MR) is 98.5 cm³/mol. The SMILES string of the molecule is COc1ccc(OC)c(NC(=S)Nc2ccc(I)cc2)c1. The van der Waals surface area contributed by atoms with Gasteiger partial charge in [0.15, 0.2) is 5.11 Å². The Kier molecular flexibility index (Phi) is 5.63. The van der Waals surface area contributed by atoms with Crippen LogP contribution in [0.15, 0.2) is 42.5 Å². The molecule has 110 valence electrons. The minimum atomic E-state index is 0.489. The van der Waals surface area contributed by atoms with Crippen molar-refractivity contribution in [1.29, 1.82) is 0 Å². The molecule has 2 aromatic carbocycles. The quantitative estimate of drug-likeness (QED) is 0.582. The lowest BCUT2D eigenvalue weighted by Gasteiger charge is -2.14. The minimum Gasteiger partial charge on any atom is -0.497 e. The number of nitrogens with one attached hydrogen (secondary N) is 2. The van der Waals surface area contributed by atoms with E-state index in [0.717, 1.165) is 17.1 Å². The van der Waals surface area contributed by atoms with E-state index >= 15 is 0 Å². The molecule has 0 atom stereocenters. The first-order valence-electron chi connectivity index (χ1n) is 6.18. The van der Waals surface area contributed by atoms with Crippen LogP contribution >= 0.6 is 34.8 Å². The molecule has 0 aromatic heterocycles. The van der Waals surface area contributed by atoms with Gasteiger partial charge in [0.1, 0.15) is 11.5 Å². The summed E-state index contributed by atoms with van der Waals surface area (Å²) in [7, 11) is 3.23. The molecule has 0 amide bonds. The van der Waals surface area contributed by atoms with Crippen LogP contribution in [0.25, 0.3) is 0 Å². The van der Waals surface area contributed by atoms with Crippen LogP contribution in [-0.4, -0.2) is 19.3 Å². The van der Waals surface area contributed by atoms with Crippen molar-refractivity contribution < 1.29 is 9.47 Å². The maximum Gasteiger partial charge on any atom is 0.175 e. The molecule has 0 saturated carbocycles. The van der Waals surface area contributed by atoms with Crippen LogP contribution in [0.2, 0.25) is 0 Å². The van der Waals surface area contributed by atoms with Gasteiger partial charge < -0.3 is 20.1 Å². The molecule has 0 unspecified atom stereocenters. The van der Waals surface area contributed by atoms with Gasteiger partial charge in [-0.2, -0.15) is 0 Å². The summed E-state index contributed by atoms with van der Waals surface area (Å²) in [5, 5.41) is 6.73. The van der Waals surface area contributed by atoms with Crippen LogP contribution in [-0.2, 0) is 0 Å². The summed E-state index contributed by atoms with van der Waals surface area (Å²) in [5.41, 5.74) is 1.68. The van der Waals surface area contributed by atoms with Crippen molar-refractivity contribution in [2.45, 2.75) is 0 Å². The van der Waals surface area contributed by atoms with Crippen LogP contribution in [0, 0.1) is 3.57 Å². The number of hydrogen-bond acceptors (Lipinski definition) is 3. The van der Waals surface area contributed by atoms with Crippen molar-refractivity contribution in [2.24, 2.45) is 0 Å². The Morgan fingerprint density at radius 2 is 1.71 bits per heavy atom. The molecular weight excluding hydrogens is 399 g/mol. The highest BCUT2D eigenvalue weighted by molar-refractivity contribution is 14.1. The van der Waals surface area contributed by atoms with E-state index in [1.165, 1.54) is 3.57 Å². The van der Waals surface area contributed by atoms with Gasteiger partial charge in [0.25, 0.3) is 0 Å². The van der Waals surface area contributed by atoms with Gasteiger partial charge in [0.05, 0.1) is 19.9 Å². The van der Waals surface area contributed by atoms with Crippen molar-refractivity contribution in [3.63, 3.8) is 0 Å². The zero-order chi connectivity index (χ0) is 15.2. The van der Waals surface area contributed by atoms with Crippen LogP contribution in [0.1, 0.15) is 0 Å². The minimum absolute atomic E-state index is 0.489. The van der Waals surface area contributed by atoms with Gasteiger partial charge in [-0.3, -0.25) is 0 Å². The van der Waals surface area contributed by atoms with E-state index in [2.05, 4.69) is 33.2 Å². The van der Waals surface area contributed by atoms with E-state index in [9.17, 15) is 0 Å². The van der Waals surface area contributed by atoms with E-state index < -0.39 is 0 Å². The third-order valence-corrected chi connectivity index (χ3v) is 3.68. The molecule has 0 heterocycles. The van der Waals surface area contributed by atoms with Gasteiger partial charge in [0, 0.05) is 15.3 Å². The number of anilines is 2. The van der Waals surface area contributed by atoms with Crippen molar-refractivity contribution in [1.82, 2.24) is 0 Å². The van der Waals surface area contributed by atoms with Gasteiger partial charge in [-0.05, 0) is 71.2 Å². The Bertz CT molecular complexity index is 632. The number of methoxy groups -OCH3 is 2. The van der Waals surface area contributed by atoms with Crippen molar-refractivity contribution in [2.75, 3.05) is 24.9 Å². The second-order valence-electron chi connectivity index (χ2n) is 4.15. The molecule has 0 saturated heterocycles. The Balaban J connectivity index is 2.09. The van der Waals surface area contributed by atoms with E-state index in [1.54, 1.807) is 14.2 Å². The number of ether oxygens (including phenoxy) is 2. The fourth-order valence-electron chi connectivity index (χ4n) is 1.73. The molecular formula is C15H15IN2O2S. The number of hydrogen-bond donors (Lipinski definition) is 2. The largest absolute Gasteiger partial charge is 0.497 e. The highest BCUT2D eigenvalue weighted by Gasteiger charge is 2.07. The first-order chi connectivity index (χ1) is 10.1. The summed E-state index contributed by atoms with van der Waals surface area (Å²) in [5.74, 6) is 1.43. The Labute approximate surface area is 143 Å². The number of rotatable bonds is 4. The van der Waals surface area contributed by atoms with Crippen LogP contribution in [0.3, 0.4) is 0 Å². The standard InChI is InChI=1S/C15H15IN2O2S/c1-19-12-7-8-14(20-2)13(9-12)18-15(21)17-11-5-3-10(16)4-6-11/h3-9H,1-2H3,(H2,17,18,21). The first kappa shape index (κ1) is 15.8. The van der Waals surface area contributed by atoms with E-state index in [1.807, 2.05) is 42.5 Å². The van der Waals surface area contributed by atoms with Crippen molar-refractivity contribution >= 4 is 51.3 Å². The third kappa shape index (κ3) is 4.47. The summed E-state index contributed by atoms with van der Waals surface area (Å²) < 4.78 is 11.7. The number of halogens is 1. The molecule has 2 aromatic rings. The maximum absolute atomic E-state index is 5.32. The van der Waals surface area contributed by atoms with E-state index in [4.69, 9.17) is 21.7 Å². The van der Waals surface area contributed by atoms with Crippen LogP contribution in [0.4, 0.5) is 11.4 Å². The molecule has 2 rings (SSSR count). The topological polar surface area (TPSA) is 42.5 Å². The molecule has 0 aliphatic rings. The molecule has 4 nitrogen and oxygen atoms in total. The summed E-state index contributed by atoms with van der Waals surface area (Å²) in [4.78, 5) is 0. The second kappa shape index (κ2) is 7.46. The van der Waals surface area contributed by atoms with E-state index in [-0.39, 0.29) is 0 Å². The zero-order valence-electron chi connectivity index (χ0n) is 11.6. The lowest BCUT2D eigenvalue weighted by molar-refractivity contribution is 0.405. The third-order valence-electron chi connectivity index (χ3n) is 2.76. The summed E-state index contributed by atoms with van der Waals surface area (Å²) in [6.07, 6.45) is 0. The normalized spacial score (nSPS) is 9.86. The Morgan fingerprint density at radius 3 is 2.33 bits per heavy atom. The fraction of sp³-hybridized carbons (Fsp3) is 0.133. The van der Waals surface area contributed by atoms with Gasteiger partial charge in [-0.15, -0.1) is 0 Å². The van der Waals surface area contributed by atoms with Gasteiger partial charge in [-0.1, -0.05) is 0 Å². The summed E-state index contributed by atoms with van der Waals surface area (Å²) in [6.45, 7) is 0. The van der Waals surface area contributed by atoms with E-state index in [0.29, 0.717) is 10.9 Å². The number of thiocarbonyl (C=S) groups is 1. The van der Waals surface area contributed by atoms with Crippen molar-refractivity contribution in [3.05, 3.63) is 46.0 Å². The first-order valence-corrected chi connectivity index (χ1v) is 7.66. The molecule has 6 heteroatoms. The second-order valence-corrected chi connectivity index (χ2v) is 5.81. The lowest BCUT2D eigenvalue weighted by atomic mass is 10.2. The van der Waals surface area contributed by atoms with Gasteiger partial charge in [-0.25, -0.2) is 0 Å². The molecule has 0 aliphatic heterocycles. The predicted octanol–water partition coefficient (Wildman–Crippen LogP) is 4.12. The molecule has 0 spiro atoms. The van der Waals surface area contributed by atoms with Crippen LogP contribution < -0.4 is 20.1 Å². The lowest BCUT2D eigenvalue weighted by Crippen LogP contribution is -2.19. The molecule has 0 fully saturated rings. The molecule has 0 radical (unpaired) electrons. The Hall–Kier alpha value is -1.54. The average Bonchev–Trinajstić information content (AvgIpc) is 2.49. The summed E-state index contributed by atoms with van der Waals surface area (Å²) >= 11 is 7.58. The monoisotopic (exact) mass is 414 g/mol. The molecule has 2 N–H and O–H groups in total. The molecule has 0 bridgehead atoms. The fourth-order valence-corrected chi connectivity index (χ4v) is 2.32. The number of benzene rings is 2. The zero-order valence-corrected chi connectivity index (χ0v) is 14.6. The average molecular weight is 414 g/mol.